The molecule has 3 aromatic rings. The summed E-state index contributed by atoms with van der Waals surface area (Å²) in [5, 5.41) is 3.23. The van der Waals surface area contributed by atoms with Crippen molar-refractivity contribution in [1.29, 1.82) is 0 Å². The molecule has 0 heterocycles. The lowest BCUT2D eigenvalue weighted by Gasteiger charge is -2.12. The Labute approximate surface area is 181 Å². The molecule has 1 N–H and O–H groups in total. The largest absolute Gasteiger partial charge is 0.321 e. The summed E-state index contributed by atoms with van der Waals surface area (Å²) in [6.07, 6.45) is 0. The molecule has 0 aliphatic carbocycles. The van der Waals surface area contributed by atoms with Gasteiger partial charge in [0.25, 0.3) is 5.91 Å². The van der Waals surface area contributed by atoms with Crippen molar-refractivity contribution < 1.29 is 9.59 Å². The number of hydrogen-bond donors (Lipinski definition) is 1. The van der Waals surface area contributed by atoms with Crippen LogP contribution in [0.5, 0.6) is 0 Å². The summed E-state index contributed by atoms with van der Waals surface area (Å²) in [6, 6.07) is 19.5. The molecule has 0 aliphatic heterocycles. The quantitative estimate of drug-likeness (QED) is 0.319. The molecule has 0 saturated carbocycles. The number of thioether (sulfide) groups is 1. The van der Waals surface area contributed by atoms with Gasteiger partial charge in [0.1, 0.15) is 0 Å². The zero-order chi connectivity index (χ0) is 20.1. The van der Waals surface area contributed by atoms with Gasteiger partial charge in [-0.15, -0.1) is 11.8 Å². The molecule has 0 aromatic heterocycles. The van der Waals surface area contributed by atoms with Gasteiger partial charge in [0.15, 0.2) is 5.78 Å². The predicted octanol–water partition coefficient (Wildman–Crippen LogP) is 6.70. The minimum atomic E-state index is -0.269. The van der Waals surface area contributed by atoms with E-state index in [0.29, 0.717) is 27.4 Å². The molecule has 0 fully saturated rings. The summed E-state index contributed by atoms with van der Waals surface area (Å²) in [5.74, 6) is 0.403. The molecule has 0 aliphatic rings. The van der Waals surface area contributed by atoms with E-state index in [2.05, 4.69) is 28.2 Å². The van der Waals surface area contributed by atoms with Crippen LogP contribution >= 0.6 is 39.3 Å². The van der Waals surface area contributed by atoms with Gasteiger partial charge < -0.3 is 5.32 Å². The van der Waals surface area contributed by atoms with Crippen molar-refractivity contribution in [2.24, 2.45) is 0 Å². The van der Waals surface area contributed by atoms with Gasteiger partial charge >= 0.3 is 0 Å². The Bertz CT molecular complexity index is 1040. The highest BCUT2D eigenvalue weighted by molar-refractivity contribution is 9.10. The van der Waals surface area contributed by atoms with Gasteiger partial charge in [0.05, 0.1) is 10.7 Å². The van der Waals surface area contributed by atoms with E-state index in [1.165, 1.54) is 0 Å². The lowest BCUT2D eigenvalue weighted by molar-refractivity contribution is 0.102. The Hall–Kier alpha value is -2.08. The zero-order valence-corrected chi connectivity index (χ0v) is 18.2. The summed E-state index contributed by atoms with van der Waals surface area (Å²) in [5.41, 5.74) is 1.73. The Kier molecular flexibility index (Phi) is 6.94. The van der Waals surface area contributed by atoms with Crippen LogP contribution in [0.4, 0.5) is 5.69 Å². The van der Waals surface area contributed by atoms with Crippen LogP contribution in [-0.2, 0) is 0 Å². The third-order valence-corrected chi connectivity index (χ3v) is 5.70. The molecule has 0 atom stereocenters. The smallest absolute Gasteiger partial charge is 0.255 e. The average Bonchev–Trinajstić information content (AvgIpc) is 2.69. The average molecular weight is 475 g/mol. The standard InChI is InChI=1S/C22H17BrClNO2S/c1-2-28-16-7-5-6-14(12-16)22(27)25-20-11-10-15(23)13-18(20)21(26)17-8-3-4-9-19(17)24/h3-13H,2H2,1H3,(H,25,27). The van der Waals surface area contributed by atoms with Gasteiger partial charge in [0, 0.05) is 26.1 Å². The van der Waals surface area contributed by atoms with Crippen molar-refractivity contribution in [3.63, 3.8) is 0 Å². The van der Waals surface area contributed by atoms with Crippen molar-refractivity contribution in [1.82, 2.24) is 0 Å². The number of ketones is 1. The van der Waals surface area contributed by atoms with E-state index in [9.17, 15) is 9.59 Å². The maximum Gasteiger partial charge on any atom is 0.255 e. The fourth-order valence-electron chi connectivity index (χ4n) is 2.69. The number of nitrogens with one attached hydrogen (secondary N) is 1. The molecule has 0 bridgehead atoms. The number of rotatable bonds is 6. The van der Waals surface area contributed by atoms with Crippen LogP contribution < -0.4 is 5.32 Å². The summed E-state index contributed by atoms with van der Waals surface area (Å²) in [7, 11) is 0. The van der Waals surface area contributed by atoms with Gasteiger partial charge in [-0.05, 0) is 54.3 Å². The molecule has 3 aromatic carbocycles. The molecule has 3 nitrogen and oxygen atoms in total. The molecule has 0 radical (unpaired) electrons. The van der Waals surface area contributed by atoms with Crippen LogP contribution in [0.2, 0.25) is 5.02 Å². The van der Waals surface area contributed by atoms with Crippen molar-refractivity contribution in [3.05, 3.63) is 92.9 Å². The van der Waals surface area contributed by atoms with Crippen LogP contribution in [0, 0.1) is 0 Å². The maximum absolute atomic E-state index is 13.0. The SMILES string of the molecule is CCSc1cccc(C(=O)Nc2ccc(Br)cc2C(=O)c2ccccc2Cl)c1. The predicted molar refractivity (Wildman–Crippen MR) is 120 cm³/mol. The molecular weight excluding hydrogens is 458 g/mol. The van der Waals surface area contributed by atoms with Gasteiger partial charge in [-0.25, -0.2) is 0 Å². The Morgan fingerprint density at radius 2 is 1.79 bits per heavy atom. The number of amides is 1. The molecule has 0 spiro atoms. The number of hydrogen-bond acceptors (Lipinski definition) is 3. The molecule has 6 heteroatoms. The van der Waals surface area contributed by atoms with Crippen LogP contribution in [0.1, 0.15) is 33.2 Å². The highest BCUT2D eigenvalue weighted by Gasteiger charge is 2.18. The van der Waals surface area contributed by atoms with E-state index in [0.717, 1.165) is 15.1 Å². The monoisotopic (exact) mass is 473 g/mol. The highest BCUT2D eigenvalue weighted by Crippen LogP contribution is 2.27. The third-order valence-electron chi connectivity index (χ3n) is 4.00. The number of benzene rings is 3. The number of halogens is 2. The van der Waals surface area contributed by atoms with E-state index < -0.39 is 0 Å². The molecule has 3 rings (SSSR count). The van der Waals surface area contributed by atoms with Crippen molar-refractivity contribution in [2.45, 2.75) is 11.8 Å². The van der Waals surface area contributed by atoms with Crippen molar-refractivity contribution in [3.8, 4) is 0 Å². The second-order valence-electron chi connectivity index (χ2n) is 5.91. The first-order valence-corrected chi connectivity index (χ1v) is 10.8. The summed E-state index contributed by atoms with van der Waals surface area (Å²) in [4.78, 5) is 26.8. The van der Waals surface area contributed by atoms with E-state index in [1.807, 2.05) is 18.2 Å². The van der Waals surface area contributed by atoms with Crippen LogP contribution in [0.3, 0.4) is 0 Å². The second kappa shape index (κ2) is 9.41. The summed E-state index contributed by atoms with van der Waals surface area (Å²) in [6.45, 7) is 2.06. The van der Waals surface area contributed by atoms with Crippen LogP contribution in [0.15, 0.2) is 76.1 Å². The van der Waals surface area contributed by atoms with Gasteiger partial charge in [-0.3, -0.25) is 9.59 Å². The number of carbonyl (C=O) groups is 2. The van der Waals surface area contributed by atoms with Gasteiger partial charge in [0.2, 0.25) is 0 Å². The maximum atomic E-state index is 13.0. The molecule has 0 saturated heterocycles. The second-order valence-corrected chi connectivity index (χ2v) is 8.57. The van der Waals surface area contributed by atoms with Crippen LogP contribution in [-0.4, -0.2) is 17.4 Å². The molecule has 28 heavy (non-hydrogen) atoms. The van der Waals surface area contributed by atoms with Crippen molar-refractivity contribution >= 4 is 56.7 Å². The van der Waals surface area contributed by atoms with Crippen molar-refractivity contribution in [2.75, 3.05) is 11.1 Å². The summed E-state index contributed by atoms with van der Waals surface area (Å²) >= 11 is 11.2. The third kappa shape index (κ3) is 4.85. The van der Waals surface area contributed by atoms with E-state index in [-0.39, 0.29) is 11.7 Å². The molecule has 0 unspecified atom stereocenters. The Morgan fingerprint density at radius 3 is 2.54 bits per heavy atom. The van der Waals surface area contributed by atoms with E-state index >= 15 is 0 Å². The molecule has 142 valence electrons. The van der Waals surface area contributed by atoms with Gasteiger partial charge in [-0.1, -0.05) is 52.7 Å². The topological polar surface area (TPSA) is 46.2 Å². The highest BCUT2D eigenvalue weighted by atomic mass is 79.9. The van der Waals surface area contributed by atoms with Gasteiger partial charge in [-0.2, -0.15) is 0 Å². The van der Waals surface area contributed by atoms with E-state index in [4.69, 9.17) is 11.6 Å². The first-order valence-electron chi connectivity index (χ1n) is 8.62. The lowest BCUT2D eigenvalue weighted by Crippen LogP contribution is -2.15. The first-order chi connectivity index (χ1) is 13.5. The van der Waals surface area contributed by atoms with Crippen LogP contribution in [0.25, 0.3) is 0 Å². The minimum Gasteiger partial charge on any atom is -0.321 e. The Morgan fingerprint density at radius 1 is 1.00 bits per heavy atom. The summed E-state index contributed by atoms with van der Waals surface area (Å²) < 4.78 is 0.738. The zero-order valence-electron chi connectivity index (χ0n) is 15.0. The molecule has 1 amide bonds. The number of carbonyl (C=O) groups excluding carboxylic acids is 2. The number of anilines is 1. The first kappa shape index (κ1) is 20.6. The molecular formula is C22H17BrClNO2S. The fourth-order valence-corrected chi connectivity index (χ4v) is 3.99. The lowest BCUT2D eigenvalue weighted by atomic mass is 10.0. The Balaban J connectivity index is 1.93. The fraction of sp³-hybridized carbons (Fsp3) is 0.0909. The normalized spacial score (nSPS) is 10.5. The van der Waals surface area contributed by atoms with E-state index in [1.54, 1.807) is 60.3 Å². The minimum absolute atomic E-state index is 0.252.